The van der Waals surface area contributed by atoms with Crippen LogP contribution in [0.25, 0.3) is 0 Å². The van der Waals surface area contributed by atoms with E-state index in [4.69, 9.17) is 0 Å². The van der Waals surface area contributed by atoms with Crippen molar-refractivity contribution in [3.8, 4) is 0 Å². The first kappa shape index (κ1) is 18.1. The van der Waals surface area contributed by atoms with Gasteiger partial charge < -0.3 is 5.26 Å². The number of ketones is 1. The van der Waals surface area contributed by atoms with Gasteiger partial charge in [-0.1, -0.05) is 31.9 Å². The minimum Gasteiger partial charge on any atom is -0.462 e. The van der Waals surface area contributed by atoms with Crippen molar-refractivity contribution in [2.45, 2.75) is 0 Å². The maximum atomic E-state index is 11.4. The van der Waals surface area contributed by atoms with Gasteiger partial charge in [-0.2, -0.15) is 4.58 Å². The van der Waals surface area contributed by atoms with Gasteiger partial charge >= 0.3 is 5.78 Å². The number of hydrogen-bond acceptors (Lipinski definition) is 1. The normalized spacial score (nSPS) is 10.6. The summed E-state index contributed by atoms with van der Waals surface area (Å²) in [6, 6.07) is 7.39. The van der Waals surface area contributed by atoms with Gasteiger partial charge in [-0.05, 0) is 88.0 Å². The Kier molecular flexibility index (Phi) is 6.54. The summed E-state index contributed by atoms with van der Waals surface area (Å²) < 4.78 is 9.13. The maximum Gasteiger partial charge on any atom is 0.395 e. The Morgan fingerprint density at radius 2 is 0.952 bits per heavy atom. The fourth-order valence-corrected chi connectivity index (χ4v) is 6.96. The molecule has 0 aliphatic carbocycles. The standard InChI is InChI=1S/C13H4Br6O2/c14-5-1-7(16)11(8(17)2-5)13(21-20)12-9(18)3-6(15)4-10(12)19/h1-4H. The highest BCUT2D eigenvalue weighted by molar-refractivity contribution is 9.12. The molecule has 110 valence electrons. The van der Waals surface area contributed by atoms with Crippen LogP contribution in [0, 0.1) is 0 Å². The molecule has 0 aromatic heterocycles. The minimum absolute atomic E-state index is 0.201. The Morgan fingerprint density at radius 3 is 1.19 bits per heavy atom. The zero-order chi connectivity index (χ0) is 15.7. The van der Waals surface area contributed by atoms with E-state index in [1.807, 2.05) is 24.3 Å². The molecule has 0 amide bonds. The number of halogens is 6. The van der Waals surface area contributed by atoms with Crippen LogP contribution in [-0.4, -0.2) is 5.78 Å². The summed E-state index contributed by atoms with van der Waals surface area (Å²) in [7, 11) is 0. The predicted octanol–water partition coefficient (Wildman–Crippen LogP) is 6.30. The monoisotopic (exact) mass is 666 g/mol. The highest BCUT2D eigenvalue weighted by Crippen LogP contribution is 2.37. The topological polar surface area (TPSA) is 34.4 Å². The lowest BCUT2D eigenvalue weighted by molar-refractivity contribution is -0.937. The quantitative estimate of drug-likeness (QED) is 0.160. The van der Waals surface area contributed by atoms with Crippen LogP contribution in [0.5, 0.6) is 0 Å². The van der Waals surface area contributed by atoms with E-state index in [1.54, 1.807) is 0 Å². The molecule has 0 N–H and O–H groups in total. The highest BCUT2D eigenvalue weighted by atomic mass is 79.9. The van der Waals surface area contributed by atoms with Crippen LogP contribution in [0.4, 0.5) is 0 Å². The van der Waals surface area contributed by atoms with E-state index in [2.05, 4.69) is 100 Å². The van der Waals surface area contributed by atoms with Crippen LogP contribution in [0.2, 0.25) is 0 Å². The van der Waals surface area contributed by atoms with E-state index in [0.29, 0.717) is 11.1 Å². The minimum atomic E-state index is 0.201. The van der Waals surface area contributed by atoms with Crippen molar-refractivity contribution < 1.29 is 9.83 Å². The first-order valence-corrected chi connectivity index (χ1v) is 10.1. The second-order valence-electron chi connectivity index (χ2n) is 3.90. The lowest BCUT2D eigenvalue weighted by Crippen LogP contribution is -2.12. The van der Waals surface area contributed by atoms with Gasteiger partial charge in [0, 0.05) is 26.8 Å². The molecule has 0 heterocycles. The van der Waals surface area contributed by atoms with Crippen LogP contribution < -0.4 is 5.26 Å². The SMILES string of the molecule is [O-][O+]=C(c1c(Br)cc(Br)cc1Br)c1c(Br)cc(Br)cc1Br. The molecule has 2 aromatic carbocycles. The number of hydrogen-bond donors (Lipinski definition) is 0. The van der Waals surface area contributed by atoms with Gasteiger partial charge in [0.25, 0.3) is 0 Å². The molecule has 0 saturated heterocycles. The third kappa shape index (κ3) is 4.01. The van der Waals surface area contributed by atoms with Gasteiger partial charge in [0.2, 0.25) is 0 Å². The first-order valence-electron chi connectivity index (χ1n) is 5.31. The molecule has 0 spiro atoms. The van der Waals surface area contributed by atoms with E-state index in [9.17, 15) is 5.26 Å². The number of rotatable bonds is 2. The maximum absolute atomic E-state index is 11.4. The summed E-state index contributed by atoms with van der Waals surface area (Å²) in [5.74, 6) is 0.201. The smallest absolute Gasteiger partial charge is 0.395 e. The van der Waals surface area contributed by atoms with E-state index in [0.717, 1.165) is 26.8 Å². The Bertz CT molecular complexity index is 636. The van der Waals surface area contributed by atoms with E-state index >= 15 is 0 Å². The van der Waals surface area contributed by atoms with Gasteiger partial charge in [0.05, 0.1) is 0 Å². The summed E-state index contributed by atoms with van der Waals surface area (Å²) in [5.41, 5.74) is 1.27. The Hall–Kier alpha value is 0.790. The van der Waals surface area contributed by atoms with Gasteiger partial charge in [-0.15, -0.1) is 0 Å². The molecular weight excluding hydrogens is 668 g/mol. The largest absolute Gasteiger partial charge is 0.462 e. The molecule has 0 saturated carbocycles. The van der Waals surface area contributed by atoms with E-state index in [1.165, 1.54) is 0 Å². The average Bonchev–Trinajstić information content (AvgIpc) is 2.34. The van der Waals surface area contributed by atoms with Crippen molar-refractivity contribution in [3.05, 3.63) is 62.2 Å². The summed E-state index contributed by atoms with van der Waals surface area (Å²) in [6.07, 6.45) is 0. The Balaban J connectivity index is 2.73. The predicted molar refractivity (Wildman–Crippen MR) is 103 cm³/mol. The molecule has 0 aliphatic heterocycles. The molecule has 2 aromatic rings. The molecule has 21 heavy (non-hydrogen) atoms. The van der Waals surface area contributed by atoms with Crippen LogP contribution in [-0.2, 0) is 0 Å². The van der Waals surface area contributed by atoms with Gasteiger partial charge in [0.1, 0.15) is 11.1 Å². The third-order valence-corrected chi connectivity index (χ3v) is 5.97. The van der Waals surface area contributed by atoms with Crippen molar-refractivity contribution >= 4 is 101 Å². The van der Waals surface area contributed by atoms with Crippen molar-refractivity contribution in [1.29, 1.82) is 0 Å². The van der Waals surface area contributed by atoms with Crippen molar-refractivity contribution in [3.63, 3.8) is 0 Å². The van der Waals surface area contributed by atoms with Gasteiger partial charge in [0.15, 0.2) is 0 Å². The average molecular weight is 672 g/mol. The first-order chi connectivity index (χ1) is 9.85. The molecule has 2 rings (SSSR count). The molecule has 8 heteroatoms. The zero-order valence-corrected chi connectivity index (χ0v) is 19.4. The summed E-state index contributed by atoms with van der Waals surface area (Å²) in [4.78, 5) is 0. The van der Waals surface area contributed by atoms with Crippen LogP contribution >= 0.6 is 95.6 Å². The Morgan fingerprint density at radius 1 is 0.667 bits per heavy atom. The van der Waals surface area contributed by atoms with E-state index < -0.39 is 0 Å². The molecule has 0 fully saturated rings. The molecule has 2 nitrogen and oxygen atoms in total. The highest BCUT2D eigenvalue weighted by Gasteiger charge is 2.29. The van der Waals surface area contributed by atoms with Crippen molar-refractivity contribution in [2.75, 3.05) is 0 Å². The van der Waals surface area contributed by atoms with Crippen LogP contribution in [0.3, 0.4) is 0 Å². The van der Waals surface area contributed by atoms with Crippen molar-refractivity contribution in [2.24, 2.45) is 0 Å². The van der Waals surface area contributed by atoms with Gasteiger partial charge in [-0.3, -0.25) is 0 Å². The molecule has 0 unspecified atom stereocenters. The molecular formula is C13H4Br6O2. The van der Waals surface area contributed by atoms with Crippen LogP contribution in [0.15, 0.2) is 51.1 Å². The van der Waals surface area contributed by atoms with Crippen LogP contribution in [0.1, 0.15) is 15.7 Å². The van der Waals surface area contributed by atoms with Crippen molar-refractivity contribution in [1.82, 2.24) is 0 Å². The summed E-state index contributed by atoms with van der Waals surface area (Å²) >= 11 is 20.6. The van der Waals surface area contributed by atoms with E-state index in [-0.39, 0.29) is 5.78 Å². The number of benzene rings is 2. The Labute approximate surface area is 171 Å². The lowest BCUT2D eigenvalue weighted by atomic mass is 10.0. The fourth-order valence-electron chi connectivity index (χ4n) is 1.73. The summed E-state index contributed by atoms with van der Waals surface area (Å²) in [5, 5.41) is 11.4. The molecule has 0 aliphatic rings. The molecule has 0 atom stereocenters. The molecule has 0 radical (unpaired) electrons. The summed E-state index contributed by atoms with van der Waals surface area (Å²) in [6.45, 7) is 0. The molecule has 0 bridgehead atoms. The third-order valence-electron chi connectivity index (χ3n) is 2.55. The van der Waals surface area contributed by atoms with Gasteiger partial charge in [-0.25, -0.2) is 0 Å². The second kappa shape index (κ2) is 7.57. The lowest BCUT2D eigenvalue weighted by Gasteiger charge is -2.08. The number of carbonyl (C=O) groups excluding carboxylic acids is 1. The fraction of sp³-hybridized carbons (Fsp3) is 0. The second-order valence-corrected chi connectivity index (χ2v) is 9.15. The zero-order valence-electron chi connectivity index (χ0n) is 9.89.